The monoisotopic (exact) mass is 702 g/mol. The SMILES string of the molecule is CC(C)c1ccc(N(c2ccccc2)c2ccc3c(ccc4oc5ccc6cc(N(c7ccc(C(C)C)cc7)C7C=CC=CC7C)ccc6c5c43)c2)cc1. The smallest absolute Gasteiger partial charge is 0.136 e. The van der Waals surface area contributed by atoms with Crippen molar-refractivity contribution in [3.8, 4) is 0 Å². The van der Waals surface area contributed by atoms with E-state index in [0.29, 0.717) is 17.8 Å². The Morgan fingerprint density at radius 2 is 0.981 bits per heavy atom. The molecule has 0 aliphatic heterocycles. The summed E-state index contributed by atoms with van der Waals surface area (Å²) in [4.78, 5) is 4.84. The minimum absolute atomic E-state index is 0.206. The number of anilines is 5. The van der Waals surface area contributed by atoms with Crippen LogP contribution in [0.5, 0.6) is 0 Å². The zero-order valence-electron chi connectivity index (χ0n) is 31.7. The standard InChI is InChI=1S/C51H46N2O/c1-33(2)36-15-21-41(22-16-36)52(40-12-7-6-8-13-40)43-25-27-45-38(31-43)19-29-48-50(45)51-46-28-26-44(32-39(46)20-30-49(51)54-48)53(47-14-10-9-11-35(47)5)42-23-17-37(18-24-42)34(3)4/h6-35,47H,1-5H3. The second kappa shape index (κ2) is 13.7. The summed E-state index contributed by atoms with van der Waals surface area (Å²) in [7, 11) is 0. The summed E-state index contributed by atoms with van der Waals surface area (Å²) in [6, 6.07) is 51.4. The molecule has 266 valence electrons. The lowest BCUT2D eigenvalue weighted by Crippen LogP contribution is -2.35. The van der Waals surface area contributed by atoms with Gasteiger partial charge in [0, 0.05) is 39.2 Å². The van der Waals surface area contributed by atoms with E-state index in [1.54, 1.807) is 0 Å². The molecule has 1 aliphatic carbocycles. The van der Waals surface area contributed by atoms with Gasteiger partial charge in [-0.3, -0.25) is 0 Å². The van der Waals surface area contributed by atoms with Gasteiger partial charge in [-0.2, -0.15) is 0 Å². The predicted octanol–water partition coefficient (Wildman–Crippen LogP) is 14.9. The summed E-state index contributed by atoms with van der Waals surface area (Å²) in [6.07, 6.45) is 8.98. The van der Waals surface area contributed by atoms with Crippen molar-refractivity contribution in [1.29, 1.82) is 0 Å². The number of nitrogens with zero attached hydrogens (tertiary/aromatic N) is 2. The van der Waals surface area contributed by atoms with Crippen molar-refractivity contribution in [1.82, 2.24) is 0 Å². The normalized spacial score (nSPS) is 15.7. The topological polar surface area (TPSA) is 19.6 Å². The average molecular weight is 703 g/mol. The highest BCUT2D eigenvalue weighted by Gasteiger charge is 2.25. The maximum atomic E-state index is 6.56. The molecule has 7 aromatic carbocycles. The van der Waals surface area contributed by atoms with Gasteiger partial charge < -0.3 is 14.2 Å². The predicted molar refractivity (Wildman–Crippen MR) is 231 cm³/mol. The highest BCUT2D eigenvalue weighted by Crippen LogP contribution is 2.43. The van der Waals surface area contributed by atoms with Gasteiger partial charge in [0.25, 0.3) is 0 Å². The van der Waals surface area contributed by atoms with E-state index in [4.69, 9.17) is 4.42 Å². The molecule has 3 nitrogen and oxygen atoms in total. The van der Waals surface area contributed by atoms with Crippen LogP contribution in [0.1, 0.15) is 57.6 Å². The lowest BCUT2D eigenvalue weighted by atomic mass is 9.93. The molecule has 0 saturated carbocycles. The van der Waals surface area contributed by atoms with Crippen LogP contribution in [0.3, 0.4) is 0 Å². The molecule has 0 saturated heterocycles. The van der Waals surface area contributed by atoms with Crippen LogP contribution in [-0.2, 0) is 0 Å². The van der Waals surface area contributed by atoms with E-state index in [9.17, 15) is 0 Å². The van der Waals surface area contributed by atoms with Crippen LogP contribution in [-0.4, -0.2) is 6.04 Å². The van der Waals surface area contributed by atoms with Crippen molar-refractivity contribution in [3.05, 3.63) is 175 Å². The first kappa shape index (κ1) is 33.8. The van der Waals surface area contributed by atoms with Gasteiger partial charge in [-0.1, -0.05) is 126 Å². The summed E-state index contributed by atoms with van der Waals surface area (Å²) in [5.74, 6) is 1.34. The van der Waals surface area contributed by atoms with E-state index in [1.807, 2.05) is 0 Å². The molecule has 1 aliphatic rings. The molecular formula is C51H46N2O. The Morgan fingerprint density at radius 3 is 1.56 bits per heavy atom. The van der Waals surface area contributed by atoms with Crippen LogP contribution in [0.4, 0.5) is 28.4 Å². The van der Waals surface area contributed by atoms with Gasteiger partial charge in [-0.05, 0) is 123 Å². The summed E-state index contributed by atoms with van der Waals surface area (Å²) in [5.41, 5.74) is 10.3. The van der Waals surface area contributed by atoms with E-state index in [1.165, 1.54) is 49.4 Å². The third kappa shape index (κ3) is 5.94. The summed E-state index contributed by atoms with van der Waals surface area (Å²) in [5, 5.41) is 7.09. The molecule has 0 N–H and O–H groups in total. The fourth-order valence-electron chi connectivity index (χ4n) is 8.26. The molecule has 0 spiro atoms. The highest BCUT2D eigenvalue weighted by molar-refractivity contribution is 6.26. The lowest BCUT2D eigenvalue weighted by Gasteiger charge is -2.36. The molecular weight excluding hydrogens is 657 g/mol. The Kier molecular flexibility index (Phi) is 8.58. The van der Waals surface area contributed by atoms with Crippen LogP contribution >= 0.6 is 0 Å². The highest BCUT2D eigenvalue weighted by atomic mass is 16.3. The van der Waals surface area contributed by atoms with Crippen LogP contribution in [0.15, 0.2) is 168 Å². The molecule has 0 radical (unpaired) electrons. The maximum absolute atomic E-state index is 6.56. The number of hydrogen-bond donors (Lipinski definition) is 0. The maximum Gasteiger partial charge on any atom is 0.136 e. The molecule has 54 heavy (non-hydrogen) atoms. The van der Waals surface area contributed by atoms with Gasteiger partial charge in [0.05, 0.1) is 6.04 Å². The fraction of sp³-hybridized carbons (Fsp3) is 0.176. The quantitative estimate of drug-likeness (QED) is 0.157. The molecule has 1 aromatic heterocycles. The van der Waals surface area contributed by atoms with Crippen molar-refractivity contribution >= 4 is 71.9 Å². The Balaban J connectivity index is 1.17. The summed E-state index contributed by atoms with van der Waals surface area (Å²) in [6.45, 7) is 11.3. The number of para-hydroxylation sites is 1. The Labute approximate surface area is 318 Å². The first-order chi connectivity index (χ1) is 26.3. The van der Waals surface area contributed by atoms with E-state index in [2.05, 4.69) is 208 Å². The van der Waals surface area contributed by atoms with Crippen LogP contribution in [0, 0.1) is 5.92 Å². The molecule has 0 bridgehead atoms. The van der Waals surface area contributed by atoms with Crippen molar-refractivity contribution in [2.45, 2.75) is 52.5 Å². The van der Waals surface area contributed by atoms with E-state index in [-0.39, 0.29) is 6.04 Å². The third-order valence-corrected chi connectivity index (χ3v) is 11.3. The van der Waals surface area contributed by atoms with Gasteiger partial charge in [0.1, 0.15) is 11.2 Å². The Morgan fingerprint density at radius 1 is 0.481 bits per heavy atom. The minimum atomic E-state index is 0.206. The van der Waals surface area contributed by atoms with Crippen LogP contribution in [0.2, 0.25) is 0 Å². The van der Waals surface area contributed by atoms with Crippen molar-refractivity contribution in [2.75, 3.05) is 9.80 Å². The first-order valence-electron chi connectivity index (χ1n) is 19.3. The molecule has 2 unspecified atom stereocenters. The van der Waals surface area contributed by atoms with Gasteiger partial charge >= 0.3 is 0 Å². The average Bonchev–Trinajstić information content (AvgIpc) is 3.59. The number of allylic oxidation sites excluding steroid dienone is 2. The zero-order valence-corrected chi connectivity index (χ0v) is 31.7. The van der Waals surface area contributed by atoms with Gasteiger partial charge in [0.2, 0.25) is 0 Å². The molecule has 2 atom stereocenters. The van der Waals surface area contributed by atoms with E-state index < -0.39 is 0 Å². The fourth-order valence-corrected chi connectivity index (χ4v) is 8.26. The Hall–Kier alpha value is -6.06. The van der Waals surface area contributed by atoms with E-state index in [0.717, 1.165) is 33.6 Å². The van der Waals surface area contributed by atoms with Crippen molar-refractivity contribution in [3.63, 3.8) is 0 Å². The molecule has 8 aromatic rings. The van der Waals surface area contributed by atoms with Gasteiger partial charge in [-0.25, -0.2) is 0 Å². The summed E-state index contributed by atoms with van der Waals surface area (Å²) < 4.78 is 6.56. The molecule has 9 rings (SSSR count). The van der Waals surface area contributed by atoms with Gasteiger partial charge in [0.15, 0.2) is 0 Å². The van der Waals surface area contributed by atoms with Crippen molar-refractivity contribution in [2.24, 2.45) is 5.92 Å². The molecule has 0 amide bonds. The molecule has 1 heterocycles. The minimum Gasteiger partial charge on any atom is -0.456 e. The van der Waals surface area contributed by atoms with E-state index >= 15 is 0 Å². The second-order valence-corrected chi connectivity index (χ2v) is 15.4. The lowest BCUT2D eigenvalue weighted by molar-refractivity contribution is 0.609. The second-order valence-electron chi connectivity index (χ2n) is 15.4. The summed E-state index contributed by atoms with van der Waals surface area (Å²) >= 11 is 0. The third-order valence-electron chi connectivity index (χ3n) is 11.3. The number of furan rings is 1. The number of benzene rings is 7. The zero-order chi connectivity index (χ0) is 36.9. The Bertz CT molecular complexity index is 2680. The first-order valence-corrected chi connectivity index (χ1v) is 19.3. The number of fused-ring (bicyclic) bond motifs is 7. The molecule has 3 heteroatoms. The van der Waals surface area contributed by atoms with Crippen LogP contribution < -0.4 is 9.80 Å². The van der Waals surface area contributed by atoms with Gasteiger partial charge in [-0.15, -0.1) is 0 Å². The van der Waals surface area contributed by atoms with Crippen molar-refractivity contribution < 1.29 is 4.42 Å². The molecule has 0 fully saturated rings. The van der Waals surface area contributed by atoms with Crippen LogP contribution in [0.25, 0.3) is 43.5 Å². The number of rotatable bonds is 8. The number of hydrogen-bond acceptors (Lipinski definition) is 3. The largest absolute Gasteiger partial charge is 0.456 e.